The van der Waals surface area contributed by atoms with Crippen molar-refractivity contribution in [3.63, 3.8) is 0 Å². The van der Waals surface area contributed by atoms with Gasteiger partial charge in [0.15, 0.2) is 0 Å². The van der Waals surface area contributed by atoms with Gasteiger partial charge in [0.2, 0.25) is 0 Å². The van der Waals surface area contributed by atoms with E-state index in [1.54, 1.807) is 0 Å². The van der Waals surface area contributed by atoms with Crippen LogP contribution in [0.1, 0.15) is 57.7 Å². The highest BCUT2D eigenvalue weighted by molar-refractivity contribution is 5.39. The zero-order valence-corrected chi connectivity index (χ0v) is 16.5. The second kappa shape index (κ2) is 8.94. The van der Waals surface area contributed by atoms with E-state index < -0.39 is 5.54 Å². The molecule has 3 rings (SSSR count). The highest BCUT2D eigenvalue weighted by atomic mass is 16.3. The van der Waals surface area contributed by atoms with E-state index in [9.17, 15) is 5.11 Å². The number of aryl methyl sites for hydroxylation is 1. The van der Waals surface area contributed by atoms with Crippen molar-refractivity contribution in [3.05, 3.63) is 59.7 Å². The highest BCUT2D eigenvalue weighted by Crippen LogP contribution is 2.40. The Morgan fingerprint density at radius 3 is 2.78 bits per heavy atom. The average molecular weight is 368 g/mol. The topological polar surface area (TPSA) is 72.0 Å². The number of aliphatic hydroxyl groups is 1. The van der Waals surface area contributed by atoms with E-state index in [2.05, 4.69) is 35.6 Å². The van der Waals surface area contributed by atoms with Crippen molar-refractivity contribution < 1.29 is 5.11 Å². The Labute approximate surface area is 163 Å². The summed E-state index contributed by atoms with van der Waals surface area (Å²) in [5.74, 6) is 2.05. The fourth-order valence-electron chi connectivity index (χ4n) is 4.53. The summed E-state index contributed by atoms with van der Waals surface area (Å²) < 4.78 is 0. The molecule has 3 N–H and O–H groups in total. The minimum atomic E-state index is -0.410. The van der Waals surface area contributed by atoms with Crippen molar-refractivity contribution in [1.82, 2.24) is 9.97 Å². The van der Waals surface area contributed by atoms with Gasteiger partial charge in [0.25, 0.3) is 0 Å². The first-order valence-electron chi connectivity index (χ1n) is 10.2. The van der Waals surface area contributed by atoms with E-state index in [-0.39, 0.29) is 6.61 Å². The Morgan fingerprint density at radius 1 is 1.33 bits per heavy atom. The standard InChI is InChI=1S/C23H33N3O/c1-3-19-14-18(6-8-22-25-11-4-12-26-22)5-7-20(19)13-17(2)21-9-10-23(24,15-21)16-27/h3-4,11-13,18,21,27H,2,5-10,14-16,24H2,1H3/b19-3-,20-13-/t18-,21-,23+/m0/s1. The van der Waals surface area contributed by atoms with Gasteiger partial charge in [-0.2, -0.15) is 0 Å². The van der Waals surface area contributed by atoms with E-state index in [4.69, 9.17) is 5.73 Å². The highest BCUT2D eigenvalue weighted by Gasteiger charge is 2.36. The maximum absolute atomic E-state index is 9.50. The number of hydrogen-bond acceptors (Lipinski definition) is 4. The third kappa shape index (κ3) is 5.14. The first-order chi connectivity index (χ1) is 13.0. The Hall–Kier alpha value is -1.78. The molecule has 0 aliphatic heterocycles. The first-order valence-corrected chi connectivity index (χ1v) is 10.2. The molecule has 2 fully saturated rings. The van der Waals surface area contributed by atoms with Crippen LogP contribution in [-0.4, -0.2) is 27.2 Å². The van der Waals surface area contributed by atoms with Crippen LogP contribution in [0.2, 0.25) is 0 Å². The van der Waals surface area contributed by atoms with Gasteiger partial charge < -0.3 is 10.8 Å². The Kier molecular flexibility index (Phi) is 6.61. The Morgan fingerprint density at radius 2 is 2.11 bits per heavy atom. The summed E-state index contributed by atoms with van der Waals surface area (Å²) in [5.41, 5.74) is 9.91. The minimum absolute atomic E-state index is 0.0697. The average Bonchev–Trinajstić information content (AvgIpc) is 3.11. The molecule has 0 unspecified atom stereocenters. The SMILES string of the molecule is C=C(/C=C1/CC[C@@H](CCc2ncccn2)C/C1=C/C)[C@H]1CC[C@](N)(CO)C1. The summed E-state index contributed by atoms with van der Waals surface area (Å²) in [7, 11) is 0. The molecule has 146 valence electrons. The van der Waals surface area contributed by atoms with Crippen LogP contribution in [0.5, 0.6) is 0 Å². The van der Waals surface area contributed by atoms with Crippen LogP contribution in [0.25, 0.3) is 0 Å². The second-order valence-corrected chi connectivity index (χ2v) is 8.33. The lowest BCUT2D eigenvalue weighted by Crippen LogP contribution is -2.40. The molecule has 0 bridgehead atoms. The summed E-state index contributed by atoms with van der Waals surface area (Å²) in [5, 5.41) is 9.50. The van der Waals surface area contributed by atoms with E-state index in [0.717, 1.165) is 50.8 Å². The van der Waals surface area contributed by atoms with E-state index in [1.165, 1.54) is 23.1 Å². The van der Waals surface area contributed by atoms with Crippen molar-refractivity contribution in [1.29, 1.82) is 0 Å². The maximum Gasteiger partial charge on any atom is 0.128 e. The van der Waals surface area contributed by atoms with E-state index in [1.807, 2.05) is 18.5 Å². The zero-order valence-electron chi connectivity index (χ0n) is 16.5. The number of aromatic nitrogens is 2. The van der Waals surface area contributed by atoms with Gasteiger partial charge in [-0.05, 0) is 80.9 Å². The van der Waals surface area contributed by atoms with Gasteiger partial charge in [-0.15, -0.1) is 0 Å². The molecule has 2 saturated carbocycles. The first kappa shape index (κ1) is 20.0. The third-order valence-electron chi connectivity index (χ3n) is 6.33. The van der Waals surface area contributed by atoms with E-state index in [0.29, 0.717) is 11.8 Å². The lowest BCUT2D eigenvalue weighted by Gasteiger charge is -2.27. The van der Waals surface area contributed by atoms with Crippen molar-refractivity contribution in [2.24, 2.45) is 17.6 Å². The van der Waals surface area contributed by atoms with Gasteiger partial charge in [-0.3, -0.25) is 0 Å². The fourth-order valence-corrected chi connectivity index (χ4v) is 4.53. The van der Waals surface area contributed by atoms with Gasteiger partial charge >= 0.3 is 0 Å². The minimum Gasteiger partial charge on any atom is -0.394 e. The molecular formula is C23H33N3O. The molecule has 3 atom stereocenters. The number of rotatable bonds is 6. The molecular weight excluding hydrogens is 334 g/mol. The van der Waals surface area contributed by atoms with Gasteiger partial charge in [0, 0.05) is 24.4 Å². The van der Waals surface area contributed by atoms with Gasteiger partial charge in [0.1, 0.15) is 5.82 Å². The molecule has 0 radical (unpaired) electrons. The van der Waals surface area contributed by atoms with Crippen LogP contribution in [0.3, 0.4) is 0 Å². The summed E-state index contributed by atoms with van der Waals surface area (Å²) in [6.45, 7) is 6.55. The second-order valence-electron chi connectivity index (χ2n) is 8.33. The van der Waals surface area contributed by atoms with Crippen LogP contribution in [-0.2, 0) is 6.42 Å². The number of allylic oxidation sites excluding steroid dienone is 5. The van der Waals surface area contributed by atoms with Crippen molar-refractivity contribution in [2.75, 3.05) is 6.61 Å². The van der Waals surface area contributed by atoms with Crippen LogP contribution >= 0.6 is 0 Å². The maximum atomic E-state index is 9.50. The third-order valence-corrected chi connectivity index (χ3v) is 6.33. The molecule has 0 spiro atoms. The van der Waals surface area contributed by atoms with Crippen LogP contribution in [0, 0.1) is 11.8 Å². The largest absolute Gasteiger partial charge is 0.394 e. The Balaban J connectivity index is 1.57. The van der Waals surface area contributed by atoms with Crippen molar-refractivity contribution >= 4 is 0 Å². The monoisotopic (exact) mass is 367 g/mol. The van der Waals surface area contributed by atoms with Gasteiger partial charge in [0.05, 0.1) is 6.61 Å². The van der Waals surface area contributed by atoms with Gasteiger partial charge in [-0.25, -0.2) is 9.97 Å². The molecule has 2 aliphatic rings. The van der Waals surface area contributed by atoms with Crippen LogP contribution in [0.4, 0.5) is 0 Å². The van der Waals surface area contributed by atoms with Gasteiger partial charge in [-0.1, -0.05) is 24.3 Å². The smallest absolute Gasteiger partial charge is 0.128 e. The van der Waals surface area contributed by atoms with Crippen molar-refractivity contribution in [2.45, 2.75) is 63.8 Å². The van der Waals surface area contributed by atoms with E-state index >= 15 is 0 Å². The van der Waals surface area contributed by atoms with Crippen molar-refractivity contribution in [3.8, 4) is 0 Å². The number of nitrogens with two attached hydrogens (primary N) is 1. The molecule has 0 amide bonds. The van der Waals surface area contributed by atoms with Crippen LogP contribution in [0.15, 0.2) is 53.9 Å². The lowest BCUT2D eigenvalue weighted by atomic mass is 9.78. The lowest BCUT2D eigenvalue weighted by molar-refractivity contribution is 0.197. The molecule has 27 heavy (non-hydrogen) atoms. The predicted molar refractivity (Wildman–Crippen MR) is 110 cm³/mol. The number of aliphatic hydroxyl groups excluding tert-OH is 1. The molecule has 1 aromatic heterocycles. The molecule has 4 nitrogen and oxygen atoms in total. The molecule has 4 heteroatoms. The summed E-state index contributed by atoms with van der Waals surface area (Å²) >= 11 is 0. The fraction of sp³-hybridized carbons (Fsp3) is 0.565. The quantitative estimate of drug-likeness (QED) is 0.793. The van der Waals surface area contributed by atoms with Crippen LogP contribution < -0.4 is 5.73 Å². The predicted octanol–water partition coefficient (Wildman–Crippen LogP) is 4.13. The molecule has 0 saturated heterocycles. The molecule has 1 heterocycles. The summed E-state index contributed by atoms with van der Waals surface area (Å²) in [6, 6.07) is 1.87. The zero-order chi connectivity index (χ0) is 19.3. The number of nitrogens with zero attached hydrogens (tertiary/aromatic N) is 2. The molecule has 0 aromatic carbocycles. The number of hydrogen-bond donors (Lipinski definition) is 2. The molecule has 2 aliphatic carbocycles. The Bertz CT molecular complexity index is 710. The summed E-state index contributed by atoms with van der Waals surface area (Å²) in [4.78, 5) is 8.69. The molecule has 1 aromatic rings. The summed E-state index contributed by atoms with van der Waals surface area (Å²) in [6.07, 6.45) is 16.5. The normalized spacial score (nSPS) is 31.5.